The number of H-pyrrole nitrogens is 1. The molecule has 3 aromatic rings. The lowest BCUT2D eigenvalue weighted by Gasteiger charge is -2.08. The summed E-state index contributed by atoms with van der Waals surface area (Å²) in [6.45, 7) is 0. The highest BCUT2D eigenvalue weighted by Gasteiger charge is 2.05. The molecule has 0 aliphatic heterocycles. The lowest BCUT2D eigenvalue weighted by atomic mass is 10.1. The number of nitrogens with zero attached hydrogens (tertiary/aromatic N) is 1. The summed E-state index contributed by atoms with van der Waals surface area (Å²) in [5.41, 5.74) is 8.67. The third-order valence-corrected chi connectivity index (χ3v) is 3.06. The zero-order chi connectivity index (χ0) is 15.4. The van der Waals surface area contributed by atoms with Crippen LogP contribution in [0.5, 0.6) is 0 Å². The summed E-state index contributed by atoms with van der Waals surface area (Å²) in [6.07, 6.45) is 1.65. The lowest BCUT2D eigenvalue weighted by molar-refractivity contribution is 0.262. The number of carbonyl (C=O) groups is 1. The molecule has 110 valence electrons. The van der Waals surface area contributed by atoms with Crippen LogP contribution in [0.1, 0.15) is 0 Å². The van der Waals surface area contributed by atoms with Gasteiger partial charge in [0.05, 0.1) is 11.9 Å². The van der Waals surface area contributed by atoms with Crippen LogP contribution >= 0.6 is 0 Å². The SMILES string of the molecule is Nc1ncc(-c2cccc(NC(=O)Nc3ccccc3)c2)[nH]1. The number of aromatic amines is 1. The van der Waals surface area contributed by atoms with Crippen LogP contribution < -0.4 is 16.4 Å². The number of para-hydroxylation sites is 1. The van der Waals surface area contributed by atoms with E-state index < -0.39 is 0 Å². The smallest absolute Gasteiger partial charge is 0.323 e. The molecule has 6 nitrogen and oxygen atoms in total. The van der Waals surface area contributed by atoms with Gasteiger partial charge in [0.1, 0.15) is 0 Å². The molecule has 0 radical (unpaired) electrons. The number of carbonyl (C=O) groups excluding carboxylic acids is 1. The van der Waals surface area contributed by atoms with E-state index in [1.54, 1.807) is 6.20 Å². The van der Waals surface area contributed by atoms with Gasteiger partial charge in [0.25, 0.3) is 0 Å². The van der Waals surface area contributed by atoms with Crippen molar-refractivity contribution >= 4 is 23.4 Å². The molecule has 0 saturated carbocycles. The van der Waals surface area contributed by atoms with E-state index in [0.717, 1.165) is 16.9 Å². The topological polar surface area (TPSA) is 95.8 Å². The van der Waals surface area contributed by atoms with Crippen molar-refractivity contribution in [2.45, 2.75) is 0 Å². The molecule has 22 heavy (non-hydrogen) atoms. The summed E-state index contributed by atoms with van der Waals surface area (Å²) >= 11 is 0. The van der Waals surface area contributed by atoms with Crippen LogP contribution in [-0.2, 0) is 0 Å². The fraction of sp³-hybridized carbons (Fsp3) is 0. The highest BCUT2D eigenvalue weighted by atomic mass is 16.2. The van der Waals surface area contributed by atoms with Gasteiger partial charge in [-0.15, -0.1) is 0 Å². The van der Waals surface area contributed by atoms with E-state index in [9.17, 15) is 4.79 Å². The van der Waals surface area contributed by atoms with Gasteiger partial charge in [0, 0.05) is 16.9 Å². The minimum absolute atomic E-state index is 0.299. The van der Waals surface area contributed by atoms with Gasteiger partial charge in [-0.1, -0.05) is 30.3 Å². The number of hydrogen-bond acceptors (Lipinski definition) is 3. The first-order valence-electron chi connectivity index (χ1n) is 6.75. The average molecular weight is 293 g/mol. The van der Waals surface area contributed by atoms with E-state index in [1.807, 2.05) is 54.6 Å². The molecule has 0 spiro atoms. The van der Waals surface area contributed by atoms with E-state index in [4.69, 9.17) is 5.73 Å². The van der Waals surface area contributed by atoms with Crippen LogP contribution in [0, 0.1) is 0 Å². The van der Waals surface area contributed by atoms with Crippen molar-refractivity contribution in [3.8, 4) is 11.3 Å². The van der Waals surface area contributed by atoms with Gasteiger partial charge in [0.2, 0.25) is 0 Å². The van der Waals surface area contributed by atoms with Crippen molar-refractivity contribution in [3.05, 3.63) is 60.8 Å². The second-order valence-electron chi connectivity index (χ2n) is 4.71. The van der Waals surface area contributed by atoms with Gasteiger partial charge in [-0.25, -0.2) is 9.78 Å². The minimum atomic E-state index is -0.299. The summed E-state index contributed by atoms with van der Waals surface area (Å²) < 4.78 is 0. The Bertz CT molecular complexity index is 782. The summed E-state index contributed by atoms with van der Waals surface area (Å²) in [5, 5.41) is 5.56. The van der Waals surface area contributed by atoms with Crippen molar-refractivity contribution in [1.29, 1.82) is 0 Å². The maximum absolute atomic E-state index is 12.0. The molecule has 0 saturated heterocycles. The van der Waals surface area contributed by atoms with E-state index in [1.165, 1.54) is 0 Å². The second-order valence-corrected chi connectivity index (χ2v) is 4.71. The molecule has 1 heterocycles. The van der Waals surface area contributed by atoms with Crippen LogP contribution in [0.25, 0.3) is 11.3 Å². The molecule has 5 N–H and O–H groups in total. The summed E-state index contributed by atoms with van der Waals surface area (Å²) in [7, 11) is 0. The first-order valence-corrected chi connectivity index (χ1v) is 6.75. The highest BCUT2D eigenvalue weighted by molar-refractivity contribution is 6.00. The monoisotopic (exact) mass is 293 g/mol. The Hall–Kier alpha value is -3.28. The molecular formula is C16H15N5O. The number of imidazole rings is 1. The standard InChI is InChI=1S/C16H15N5O/c17-15-18-10-14(21-15)11-5-4-8-13(9-11)20-16(22)19-12-6-2-1-3-7-12/h1-10H,(H3,17,18,21)(H2,19,20,22). The minimum Gasteiger partial charge on any atom is -0.369 e. The lowest BCUT2D eigenvalue weighted by Crippen LogP contribution is -2.19. The van der Waals surface area contributed by atoms with E-state index >= 15 is 0 Å². The molecule has 0 aliphatic rings. The predicted octanol–water partition coefficient (Wildman–Crippen LogP) is 3.30. The second kappa shape index (κ2) is 6.01. The molecule has 0 atom stereocenters. The number of aromatic nitrogens is 2. The zero-order valence-corrected chi connectivity index (χ0v) is 11.7. The third-order valence-electron chi connectivity index (χ3n) is 3.06. The van der Waals surface area contributed by atoms with Gasteiger partial charge in [0.15, 0.2) is 5.95 Å². The number of nitrogen functional groups attached to an aromatic ring is 1. The molecule has 0 aliphatic carbocycles. The number of anilines is 3. The Morgan fingerprint density at radius 1 is 1.00 bits per heavy atom. The van der Waals surface area contributed by atoms with Gasteiger partial charge < -0.3 is 21.4 Å². The Kier molecular flexibility index (Phi) is 3.74. The van der Waals surface area contributed by atoms with Gasteiger partial charge in [-0.3, -0.25) is 0 Å². The largest absolute Gasteiger partial charge is 0.369 e. The van der Waals surface area contributed by atoms with Crippen LogP contribution in [0.3, 0.4) is 0 Å². The Balaban J connectivity index is 1.71. The van der Waals surface area contributed by atoms with Crippen molar-refractivity contribution in [2.24, 2.45) is 0 Å². The maximum atomic E-state index is 12.0. The van der Waals surface area contributed by atoms with Gasteiger partial charge in [-0.05, 0) is 24.3 Å². The number of rotatable bonds is 3. The van der Waals surface area contributed by atoms with Gasteiger partial charge in [-0.2, -0.15) is 0 Å². The molecule has 2 amide bonds. The molecule has 0 fully saturated rings. The number of nitrogens with one attached hydrogen (secondary N) is 3. The molecular weight excluding hydrogens is 278 g/mol. The fourth-order valence-corrected chi connectivity index (χ4v) is 2.06. The summed E-state index contributed by atoms with van der Waals surface area (Å²) in [6, 6.07) is 16.4. The van der Waals surface area contributed by atoms with Crippen molar-refractivity contribution < 1.29 is 4.79 Å². The van der Waals surface area contributed by atoms with E-state index in [-0.39, 0.29) is 6.03 Å². The van der Waals surface area contributed by atoms with Crippen LogP contribution in [-0.4, -0.2) is 16.0 Å². The fourth-order valence-electron chi connectivity index (χ4n) is 2.06. The Morgan fingerprint density at radius 2 is 1.73 bits per heavy atom. The van der Waals surface area contributed by atoms with E-state index in [0.29, 0.717) is 11.6 Å². The van der Waals surface area contributed by atoms with Crippen molar-refractivity contribution in [3.63, 3.8) is 0 Å². The average Bonchev–Trinajstić information content (AvgIpc) is 2.95. The van der Waals surface area contributed by atoms with Crippen LogP contribution in [0.2, 0.25) is 0 Å². The predicted molar refractivity (Wildman–Crippen MR) is 87.5 cm³/mol. The summed E-state index contributed by atoms with van der Waals surface area (Å²) in [5.74, 6) is 0.357. The van der Waals surface area contributed by atoms with Crippen LogP contribution in [0.4, 0.5) is 22.1 Å². The maximum Gasteiger partial charge on any atom is 0.323 e. The normalized spacial score (nSPS) is 10.2. The zero-order valence-electron chi connectivity index (χ0n) is 11.7. The molecule has 3 rings (SSSR count). The Labute approximate surface area is 127 Å². The number of benzene rings is 2. The summed E-state index contributed by atoms with van der Waals surface area (Å²) in [4.78, 5) is 18.9. The number of nitrogens with two attached hydrogens (primary N) is 1. The number of amides is 2. The molecule has 1 aromatic heterocycles. The number of hydrogen-bond donors (Lipinski definition) is 4. The molecule has 6 heteroatoms. The first kappa shape index (κ1) is 13.7. The molecule has 0 bridgehead atoms. The van der Waals surface area contributed by atoms with Crippen molar-refractivity contribution in [1.82, 2.24) is 9.97 Å². The Morgan fingerprint density at radius 3 is 2.45 bits per heavy atom. The molecule has 2 aromatic carbocycles. The quantitative estimate of drug-likeness (QED) is 0.596. The number of urea groups is 1. The highest BCUT2D eigenvalue weighted by Crippen LogP contribution is 2.21. The third kappa shape index (κ3) is 3.24. The van der Waals surface area contributed by atoms with Crippen molar-refractivity contribution in [2.75, 3.05) is 16.4 Å². The first-order chi connectivity index (χ1) is 10.7. The van der Waals surface area contributed by atoms with E-state index in [2.05, 4.69) is 20.6 Å². The van der Waals surface area contributed by atoms with Gasteiger partial charge >= 0.3 is 6.03 Å². The molecule has 0 unspecified atom stereocenters. The van der Waals surface area contributed by atoms with Crippen LogP contribution in [0.15, 0.2) is 60.8 Å².